The number of rotatable bonds is 9. The Kier molecular flexibility index (Phi) is 10.5. The molecule has 10 heteroatoms. The van der Waals surface area contributed by atoms with Crippen LogP contribution in [0.2, 0.25) is 0 Å². The molecule has 52 heavy (non-hydrogen) atoms. The Labute approximate surface area is 300 Å². The zero-order valence-electron chi connectivity index (χ0n) is 28.8. The highest BCUT2D eigenvalue weighted by Crippen LogP contribution is 2.58. The second-order valence-electron chi connectivity index (χ2n) is 11.6. The van der Waals surface area contributed by atoms with E-state index in [0.29, 0.717) is 23.0 Å². The van der Waals surface area contributed by atoms with E-state index in [2.05, 4.69) is 0 Å². The zero-order chi connectivity index (χ0) is 36.8. The molecule has 10 nitrogen and oxygen atoms in total. The molecule has 0 saturated carbocycles. The van der Waals surface area contributed by atoms with Gasteiger partial charge in [0.1, 0.15) is 46.0 Å². The van der Waals surface area contributed by atoms with Crippen LogP contribution >= 0.6 is 0 Å². The maximum atomic E-state index is 12.3. The first-order valence-electron chi connectivity index (χ1n) is 16.5. The second-order valence-corrected chi connectivity index (χ2v) is 11.6. The van der Waals surface area contributed by atoms with Crippen molar-refractivity contribution < 1.29 is 47.6 Å². The first kappa shape index (κ1) is 35.2. The van der Waals surface area contributed by atoms with Gasteiger partial charge in [0.05, 0.1) is 0 Å². The third-order valence-electron chi connectivity index (χ3n) is 8.14. The fourth-order valence-corrected chi connectivity index (χ4v) is 6.13. The Balaban J connectivity index is 1.53. The molecule has 2 aliphatic heterocycles. The minimum atomic E-state index is -0.544. The summed E-state index contributed by atoms with van der Waals surface area (Å²) in [6.07, 6.45) is 11.6. The lowest BCUT2D eigenvalue weighted by Gasteiger charge is -2.38. The third kappa shape index (κ3) is 7.56. The molecule has 4 aromatic carbocycles. The van der Waals surface area contributed by atoms with Gasteiger partial charge >= 0.3 is 23.9 Å². The molecular weight excluding hydrogens is 664 g/mol. The highest BCUT2D eigenvalue weighted by molar-refractivity contribution is 5.86. The van der Waals surface area contributed by atoms with E-state index in [9.17, 15) is 19.2 Å². The number of esters is 4. The largest absolute Gasteiger partial charge is 0.456 e. The molecule has 6 rings (SSSR count). The molecule has 0 atom stereocenters. The van der Waals surface area contributed by atoms with Gasteiger partial charge in [0.25, 0.3) is 0 Å². The first-order chi connectivity index (χ1) is 25.2. The topological polar surface area (TPSA) is 124 Å². The molecule has 0 N–H and O–H groups in total. The molecule has 2 aliphatic rings. The first-order valence-corrected chi connectivity index (χ1v) is 16.5. The van der Waals surface area contributed by atoms with Gasteiger partial charge in [-0.05, 0) is 52.0 Å². The van der Waals surface area contributed by atoms with Crippen LogP contribution in [0.25, 0.3) is 0 Å². The van der Waals surface area contributed by atoms with Crippen molar-refractivity contribution in [2.24, 2.45) is 0 Å². The minimum absolute atomic E-state index is 0.271. The van der Waals surface area contributed by atoms with Gasteiger partial charge in [0.2, 0.25) is 0 Å². The minimum Gasteiger partial charge on any atom is -0.456 e. The number of hydrogen-bond donors (Lipinski definition) is 0. The molecule has 0 bridgehead atoms. The highest BCUT2D eigenvalue weighted by Gasteiger charge is 2.41. The summed E-state index contributed by atoms with van der Waals surface area (Å²) in [6, 6.07) is 20.7. The van der Waals surface area contributed by atoms with E-state index in [4.69, 9.17) is 28.4 Å². The van der Waals surface area contributed by atoms with E-state index in [1.54, 1.807) is 101 Å². The lowest BCUT2D eigenvalue weighted by Crippen LogP contribution is -2.22. The van der Waals surface area contributed by atoms with Crippen molar-refractivity contribution in [3.63, 3.8) is 0 Å². The van der Waals surface area contributed by atoms with Gasteiger partial charge in [-0.25, -0.2) is 19.2 Å². The predicted molar refractivity (Wildman–Crippen MR) is 191 cm³/mol. The van der Waals surface area contributed by atoms with E-state index >= 15 is 0 Å². The number of fused-ring (bicyclic) bond motifs is 4. The summed E-state index contributed by atoms with van der Waals surface area (Å²) in [7, 11) is 0. The molecule has 0 radical (unpaired) electrons. The van der Waals surface area contributed by atoms with Crippen molar-refractivity contribution in [3.8, 4) is 46.0 Å². The van der Waals surface area contributed by atoms with Crippen molar-refractivity contribution >= 4 is 23.9 Å². The van der Waals surface area contributed by atoms with Crippen LogP contribution in [0.15, 0.2) is 121 Å². The number of ether oxygens (including phenoxy) is 6. The number of carbonyl (C=O) groups is 4. The Morgan fingerprint density at radius 2 is 0.654 bits per heavy atom. The van der Waals surface area contributed by atoms with E-state index in [-0.39, 0.29) is 23.0 Å². The van der Waals surface area contributed by atoms with Gasteiger partial charge in [0, 0.05) is 82.7 Å². The lowest BCUT2D eigenvalue weighted by atomic mass is 9.71. The van der Waals surface area contributed by atoms with Crippen molar-refractivity contribution in [1.29, 1.82) is 0 Å². The number of benzene rings is 4. The number of carbonyl (C=O) groups excluding carboxylic acids is 4. The fraction of sp³-hybridized carbons (Fsp3) is 0.143. The van der Waals surface area contributed by atoms with Crippen LogP contribution in [-0.4, -0.2) is 23.9 Å². The monoisotopic (exact) mass is 698 g/mol. The zero-order valence-corrected chi connectivity index (χ0v) is 28.8. The van der Waals surface area contributed by atoms with E-state index in [1.807, 2.05) is 24.3 Å². The molecule has 0 amide bonds. The SMILES string of the molecule is C/C=C\C(=O)Oc1ccc2c(c1)Oc1cc(OC(=O)/C=C\C)ccc1C2C1c2ccc(OC(=O)/C=C\C)cc2Oc2cc(OC(=O)/C=C\C)ccc21. The maximum absolute atomic E-state index is 12.3. The quantitative estimate of drug-likeness (QED) is 0.0952. The molecular formula is C42H34O10. The van der Waals surface area contributed by atoms with Crippen LogP contribution < -0.4 is 28.4 Å². The molecule has 262 valence electrons. The molecule has 0 aromatic heterocycles. The molecule has 0 spiro atoms. The summed E-state index contributed by atoms with van der Waals surface area (Å²) in [5, 5.41) is 0. The summed E-state index contributed by atoms with van der Waals surface area (Å²) in [5.74, 6) is -0.285. The average Bonchev–Trinajstić information content (AvgIpc) is 3.10. The Hall–Kier alpha value is -6.68. The summed E-state index contributed by atoms with van der Waals surface area (Å²) >= 11 is 0. The highest BCUT2D eigenvalue weighted by atomic mass is 16.6. The molecule has 0 fully saturated rings. The van der Waals surface area contributed by atoms with Crippen LogP contribution in [0, 0.1) is 0 Å². The van der Waals surface area contributed by atoms with Crippen molar-refractivity contribution in [2.45, 2.75) is 39.5 Å². The molecule has 0 aliphatic carbocycles. The van der Waals surface area contributed by atoms with Crippen LogP contribution in [0.3, 0.4) is 0 Å². The van der Waals surface area contributed by atoms with Crippen LogP contribution in [0.1, 0.15) is 61.8 Å². The van der Waals surface area contributed by atoms with Gasteiger partial charge in [0.15, 0.2) is 0 Å². The van der Waals surface area contributed by atoms with Crippen LogP contribution in [0.5, 0.6) is 46.0 Å². The molecule has 0 unspecified atom stereocenters. The van der Waals surface area contributed by atoms with Crippen LogP contribution in [-0.2, 0) is 19.2 Å². The number of allylic oxidation sites excluding steroid dienone is 4. The van der Waals surface area contributed by atoms with E-state index in [1.165, 1.54) is 24.3 Å². The lowest BCUT2D eigenvalue weighted by molar-refractivity contribution is -0.129. The van der Waals surface area contributed by atoms with E-state index < -0.39 is 35.7 Å². The summed E-state index contributed by atoms with van der Waals surface area (Å²) in [4.78, 5) is 49.4. The molecule has 4 aromatic rings. The summed E-state index contributed by atoms with van der Waals surface area (Å²) in [6.45, 7) is 6.86. The van der Waals surface area contributed by atoms with E-state index in [0.717, 1.165) is 22.3 Å². The standard InChI is InChI=1S/C42H34O10/c1-5-9-37(43)47-25-13-17-29-33(21-25)51-34-22-26(48-38(44)10-6-2)14-18-30(34)41(29)42-31-19-15-27(49-39(45)11-7-3)23-35(31)52-36-24-28(16-20-32(36)42)50-40(46)12-8-4/h5-24,41-42H,1-4H3/b9-5-,10-6-,11-7-,12-8-. The number of hydrogen-bond acceptors (Lipinski definition) is 10. The fourth-order valence-electron chi connectivity index (χ4n) is 6.13. The summed E-state index contributed by atoms with van der Waals surface area (Å²) in [5.41, 5.74) is 3.09. The second kappa shape index (κ2) is 15.5. The van der Waals surface area contributed by atoms with Crippen molar-refractivity contribution in [3.05, 3.63) is 144 Å². The smallest absolute Gasteiger partial charge is 0.335 e. The maximum Gasteiger partial charge on any atom is 0.335 e. The normalized spacial score (nSPS) is 13.5. The molecule has 0 saturated heterocycles. The van der Waals surface area contributed by atoms with Crippen molar-refractivity contribution in [1.82, 2.24) is 0 Å². The van der Waals surface area contributed by atoms with Gasteiger partial charge in [-0.3, -0.25) is 0 Å². The van der Waals surface area contributed by atoms with Gasteiger partial charge in [-0.15, -0.1) is 0 Å². The predicted octanol–water partition coefficient (Wildman–Crippen LogP) is 8.79. The van der Waals surface area contributed by atoms with Crippen LogP contribution in [0.4, 0.5) is 0 Å². The Morgan fingerprint density at radius 3 is 0.865 bits per heavy atom. The Bertz CT molecular complexity index is 1880. The molecule has 2 heterocycles. The summed E-state index contributed by atoms with van der Waals surface area (Å²) < 4.78 is 35.0. The third-order valence-corrected chi connectivity index (χ3v) is 8.14. The van der Waals surface area contributed by atoms with Gasteiger partial charge in [-0.1, -0.05) is 48.6 Å². The van der Waals surface area contributed by atoms with Gasteiger partial charge < -0.3 is 28.4 Å². The van der Waals surface area contributed by atoms with Crippen molar-refractivity contribution in [2.75, 3.05) is 0 Å². The Morgan fingerprint density at radius 1 is 0.423 bits per heavy atom. The average molecular weight is 699 g/mol. The van der Waals surface area contributed by atoms with Gasteiger partial charge in [-0.2, -0.15) is 0 Å².